The zero-order valence-corrected chi connectivity index (χ0v) is 21.7. The van der Waals surface area contributed by atoms with Gasteiger partial charge in [0.25, 0.3) is 0 Å². The second-order valence-corrected chi connectivity index (χ2v) is 9.56. The van der Waals surface area contributed by atoms with Gasteiger partial charge in [-0.25, -0.2) is 0 Å². The van der Waals surface area contributed by atoms with Crippen LogP contribution in [0.4, 0.5) is 5.69 Å². The van der Waals surface area contributed by atoms with Crippen LogP contribution in [0.3, 0.4) is 0 Å². The Morgan fingerprint density at radius 3 is 2.47 bits per heavy atom. The summed E-state index contributed by atoms with van der Waals surface area (Å²) in [6.07, 6.45) is 3.12. The topological polar surface area (TPSA) is 83.4 Å². The average molecular weight is 525 g/mol. The first-order valence-corrected chi connectivity index (χ1v) is 13.2. The molecular weight excluding hydrogens is 496 g/mol. The highest BCUT2D eigenvalue weighted by Gasteiger charge is 2.22. The molecule has 0 spiro atoms. The summed E-state index contributed by atoms with van der Waals surface area (Å²) in [7, 11) is 0. The van der Waals surface area contributed by atoms with Gasteiger partial charge in [-0.15, -0.1) is 10.2 Å². The van der Waals surface area contributed by atoms with E-state index >= 15 is 0 Å². The predicted molar refractivity (Wildman–Crippen MR) is 144 cm³/mol. The van der Waals surface area contributed by atoms with Crippen molar-refractivity contribution < 1.29 is 9.59 Å². The number of nitrogens with one attached hydrogen (secondary N) is 1. The number of halogens is 1. The van der Waals surface area contributed by atoms with Crippen molar-refractivity contribution in [3.05, 3.63) is 77.1 Å². The summed E-state index contributed by atoms with van der Waals surface area (Å²) in [6, 6.07) is 17.6. The lowest BCUT2D eigenvalue weighted by Crippen LogP contribution is -2.49. The molecule has 0 radical (unpaired) electrons. The van der Waals surface area contributed by atoms with Gasteiger partial charge in [0, 0.05) is 49.5 Å². The Bertz CT molecular complexity index is 1210. The molecule has 2 amide bonds. The van der Waals surface area contributed by atoms with Crippen molar-refractivity contribution in [2.75, 3.05) is 36.8 Å². The van der Waals surface area contributed by atoms with E-state index in [0.717, 1.165) is 18.7 Å². The third-order valence-electron chi connectivity index (χ3n) is 5.93. The van der Waals surface area contributed by atoms with Gasteiger partial charge in [0.05, 0.1) is 12.3 Å². The SMILES string of the molecule is CCn1c(CNC(=O)/C=C/c2ccccc2Cl)nnc1SCC(=O)N1CCN(c2ccccc2)CC1. The first-order valence-electron chi connectivity index (χ1n) is 11.9. The molecule has 0 saturated carbocycles. The van der Waals surface area contributed by atoms with Gasteiger partial charge in [-0.05, 0) is 36.8 Å². The first kappa shape index (κ1) is 25.8. The summed E-state index contributed by atoms with van der Waals surface area (Å²) in [5, 5.41) is 12.6. The number of carbonyl (C=O) groups excluding carboxylic acids is 2. The third-order valence-corrected chi connectivity index (χ3v) is 7.22. The Morgan fingerprint density at radius 1 is 1.03 bits per heavy atom. The van der Waals surface area contributed by atoms with Crippen molar-refractivity contribution in [3.8, 4) is 0 Å². The van der Waals surface area contributed by atoms with Crippen molar-refractivity contribution in [3.63, 3.8) is 0 Å². The fraction of sp³-hybridized carbons (Fsp3) is 0.308. The van der Waals surface area contributed by atoms with E-state index in [0.29, 0.717) is 41.4 Å². The second-order valence-electron chi connectivity index (χ2n) is 8.21. The predicted octanol–water partition coefficient (Wildman–Crippen LogP) is 3.72. The number of thioether (sulfide) groups is 1. The van der Waals surface area contributed by atoms with Crippen LogP contribution >= 0.6 is 23.4 Å². The monoisotopic (exact) mass is 524 g/mol. The van der Waals surface area contributed by atoms with Crippen LogP contribution in [0.5, 0.6) is 0 Å². The first-order chi connectivity index (χ1) is 17.5. The summed E-state index contributed by atoms with van der Waals surface area (Å²) < 4.78 is 1.92. The Labute approximate surface area is 220 Å². The molecule has 0 atom stereocenters. The number of anilines is 1. The Kier molecular flexibility index (Phi) is 9.02. The van der Waals surface area contributed by atoms with Gasteiger partial charge >= 0.3 is 0 Å². The minimum atomic E-state index is -0.250. The number of piperazine rings is 1. The van der Waals surface area contributed by atoms with E-state index in [4.69, 9.17) is 11.6 Å². The molecule has 1 saturated heterocycles. The van der Waals surface area contributed by atoms with E-state index in [1.807, 2.05) is 52.8 Å². The summed E-state index contributed by atoms with van der Waals surface area (Å²) in [6.45, 7) is 5.91. The number of para-hydroxylation sites is 1. The summed E-state index contributed by atoms with van der Waals surface area (Å²) in [5.74, 6) is 0.789. The maximum absolute atomic E-state index is 12.8. The van der Waals surface area contributed by atoms with Gasteiger partial charge in [-0.3, -0.25) is 9.59 Å². The molecule has 2 aromatic carbocycles. The molecule has 188 valence electrons. The number of carbonyl (C=O) groups is 2. The minimum Gasteiger partial charge on any atom is -0.368 e. The van der Waals surface area contributed by atoms with Crippen LogP contribution in [0.15, 0.2) is 65.8 Å². The molecular formula is C26H29ClN6O2S. The van der Waals surface area contributed by atoms with Crippen molar-refractivity contribution >= 4 is 46.9 Å². The highest BCUT2D eigenvalue weighted by atomic mass is 35.5. The number of aromatic nitrogens is 3. The zero-order valence-electron chi connectivity index (χ0n) is 20.1. The molecule has 2 heterocycles. The molecule has 1 fully saturated rings. The molecule has 1 aromatic heterocycles. The molecule has 1 N–H and O–H groups in total. The van der Waals surface area contributed by atoms with Crippen LogP contribution < -0.4 is 10.2 Å². The second kappa shape index (κ2) is 12.6. The van der Waals surface area contributed by atoms with E-state index < -0.39 is 0 Å². The number of nitrogens with zero attached hydrogens (tertiary/aromatic N) is 5. The molecule has 10 heteroatoms. The zero-order chi connectivity index (χ0) is 25.3. The van der Waals surface area contributed by atoms with Crippen LogP contribution in [0.1, 0.15) is 18.3 Å². The van der Waals surface area contributed by atoms with Crippen LogP contribution in [-0.2, 0) is 22.7 Å². The molecule has 0 aliphatic carbocycles. The third kappa shape index (κ3) is 6.67. The lowest BCUT2D eigenvalue weighted by molar-refractivity contribution is -0.128. The van der Waals surface area contributed by atoms with Gasteiger partial charge < -0.3 is 19.7 Å². The Balaban J connectivity index is 1.25. The van der Waals surface area contributed by atoms with Crippen molar-refractivity contribution in [2.45, 2.75) is 25.2 Å². The van der Waals surface area contributed by atoms with Crippen LogP contribution in [0.25, 0.3) is 6.08 Å². The number of hydrogen-bond acceptors (Lipinski definition) is 6. The molecule has 0 bridgehead atoms. The van der Waals surface area contributed by atoms with Crippen LogP contribution in [0, 0.1) is 0 Å². The quantitative estimate of drug-likeness (QED) is 0.339. The van der Waals surface area contributed by atoms with E-state index in [-0.39, 0.29) is 18.4 Å². The fourth-order valence-corrected chi connectivity index (χ4v) is 5.07. The lowest BCUT2D eigenvalue weighted by Gasteiger charge is -2.36. The normalized spacial score (nSPS) is 13.8. The average Bonchev–Trinajstić information content (AvgIpc) is 3.32. The molecule has 36 heavy (non-hydrogen) atoms. The summed E-state index contributed by atoms with van der Waals surface area (Å²) in [4.78, 5) is 29.3. The number of hydrogen-bond donors (Lipinski definition) is 1. The number of rotatable bonds is 9. The minimum absolute atomic E-state index is 0.0953. The van der Waals surface area contributed by atoms with Gasteiger partial charge in [0.15, 0.2) is 11.0 Å². The summed E-state index contributed by atoms with van der Waals surface area (Å²) in [5.41, 5.74) is 1.96. The van der Waals surface area contributed by atoms with E-state index in [1.54, 1.807) is 12.1 Å². The van der Waals surface area contributed by atoms with Gasteiger partial charge in [-0.1, -0.05) is 59.8 Å². The highest BCUT2D eigenvalue weighted by Crippen LogP contribution is 2.20. The maximum Gasteiger partial charge on any atom is 0.244 e. The lowest BCUT2D eigenvalue weighted by atomic mass is 10.2. The van der Waals surface area contributed by atoms with Crippen molar-refractivity contribution in [1.82, 2.24) is 25.0 Å². The van der Waals surface area contributed by atoms with Gasteiger partial charge in [-0.2, -0.15) is 0 Å². The molecule has 1 aliphatic heterocycles. The largest absolute Gasteiger partial charge is 0.368 e. The van der Waals surface area contributed by atoms with E-state index in [2.05, 4.69) is 32.5 Å². The summed E-state index contributed by atoms with van der Waals surface area (Å²) >= 11 is 7.50. The van der Waals surface area contributed by atoms with Gasteiger partial charge in [0.1, 0.15) is 0 Å². The van der Waals surface area contributed by atoms with E-state index in [9.17, 15) is 9.59 Å². The smallest absolute Gasteiger partial charge is 0.244 e. The van der Waals surface area contributed by atoms with Gasteiger partial charge in [0.2, 0.25) is 11.8 Å². The van der Waals surface area contributed by atoms with E-state index in [1.165, 1.54) is 23.5 Å². The van der Waals surface area contributed by atoms with Crippen LogP contribution in [0.2, 0.25) is 5.02 Å². The molecule has 4 rings (SSSR count). The fourth-order valence-electron chi connectivity index (χ4n) is 3.95. The van der Waals surface area contributed by atoms with Crippen molar-refractivity contribution in [2.24, 2.45) is 0 Å². The Morgan fingerprint density at radius 2 is 1.75 bits per heavy atom. The van der Waals surface area contributed by atoms with Crippen LogP contribution in [-0.4, -0.2) is 63.4 Å². The van der Waals surface area contributed by atoms with Crippen molar-refractivity contribution in [1.29, 1.82) is 0 Å². The number of amides is 2. The molecule has 1 aliphatic rings. The molecule has 3 aromatic rings. The maximum atomic E-state index is 12.8. The Hall–Kier alpha value is -3.30. The molecule has 8 nitrogen and oxygen atoms in total. The highest BCUT2D eigenvalue weighted by molar-refractivity contribution is 7.99. The number of benzene rings is 2. The molecule has 0 unspecified atom stereocenters. The standard InChI is InChI=1S/C26H29ClN6O2S/c1-2-33-23(18-28-24(34)13-12-20-8-6-7-11-22(20)27)29-30-26(33)36-19-25(35)32-16-14-31(15-17-32)21-9-4-3-5-10-21/h3-13H,2,14-19H2,1H3,(H,28,34)/b13-12+.